The van der Waals surface area contributed by atoms with E-state index >= 15 is 0 Å². The Bertz CT molecular complexity index is 526. The molecule has 19 heavy (non-hydrogen) atoms. The normalized spacial score (nSPS) is 14.1. The van der Waals surface area contributed by atoms with Gasteiger partial charge in [0.05, 0.1) is 13.2 Å². The molecular formula is C14H16ClNO2S. The number of nitrogens with two attached hydrogens (primary N) is 1. The van der Waals surface area contributed by atoms with Gasteiger partial charge < -0.3 is 15.6 Å². The van der Waals surface area contributed by atoms with Crippen LogP contribution in [0.5, 0.6) is 5.75 Å². The number of rotatable bonds is 5. The summed E-state index contributed by atoms with van der Waals surface area (Å²) in [6.07, 6.45) is -0.639. The molecule has 5 heteroatoms. The van der Waals surface area contributed by atoms with E-state index in [1.807, 2.05) is 23.6 Å². The standard InChI is InChI=1S/C14H16ClNO2S/c1-18-11-6-13(19-8-11)14(17)12(7-16)9-2-4-10(15)5-3-9/h2-6,8,12,14,17H,7,16H2,1H3. The van der Waals surface area contributed by atoms with Crippen molar-refractivity contribution in [2.24, 2.45) is 5.73 Å². The lowest BCUT2D eigenvalue weighted by Crippen LogP contribution is -2.19. The molecule has 0 aliphatic heterocycles. The molecule has 1 aromatic carbocycles. The zero-order chi connectivity index (χ0) is 13.8. The molecule has 0 aliphatic carbocycles. The van der Waals surface area contributed by atoms with Crippen LogP contribution in [0.2, 0.25) is 5.02 Å². The molecule has 0 spiro atoms. The molecule has 1 heterocycles. The van der Waals surface area contributed by atoms with Crippen molar-refractivity contribution in [2.75, 3.05) is 13.7 Å². The number of halogens is 1. The maximum atomic E-state index is 10.5. The van der Waals surface area contributed by atoms with E-state index < -0.39 is 6.10 Å². The molecular weight excluding hydrogens is 282 g/mol. The number of aliphatic hydroxyl groups excluding tert-OH is 1. The minimum atomic E-state index is -0.639. The maximum Gasteiger partial charge on any atom is 0.129 e. The summed E-state index contributed by atoms with van der Waals surface area (Å²) < 4.78 is 5.13. The average Bonchev–Trinajstić information content (AvgIpc) is 2.90. The summed E-state index contributed by atoms with van der Waals surface area (Å²) in [6.45, 7) is 0.364. The van der Waals surface area contributed by atoms with Gasteiger partial charge in [-0.05, 0) is 23.8 Å². The smallest absolute Gasteiger partial charge is 0.129 e. The van der Waals surface area contributed by atoms with Crippen molar-refractivity contribution < 1.29 is 9.84 Å². The fourth-order valence-electron chi connectivity index (χ4n) is 1.95. The molecule has 0 aliphatic rings. The van der Waals surface area contributed by atoms with Crippen molar-refractivity contribution >= 4 is 22.9 Å². The van der Waals surface area contributed by atoms with Gasteiger partial charge in [-0.25, -0.2) is 0 Å². The molecule has 0 saturated carbocycles. The predicted octanol–water partition coefficient (Wildman–Crippen LogP) is 3.19. The second-order valence-corrected chi connectivity index (χ2v) is 5.61. The lowest BCUT2D eigenvalue weighted by atomic mass is 9.92. The summed E-state index contributed by atoms with van der Waals surface area (Å²) in [5.74, 6) is 0.603. The zero-order valence-electron chi connectivity index (χ0n) is 10.5. The van der Waals surface area contributed by atoms with Crippen LogP contribution in [-0.2, 0) is 0 Å². The Labute approximate surface area is 121 Å². The monoisotopic (exact) mass is 297 g/mol. The van der Waals surface area contributed by atoms with Crippen molar-refractivity contribution in [3.63, 3.8) is 0 Å². The van der Waals surface area contributed by atoms with E-state index in [4.69, 9.17) is 22.1 Å². The Morgan fingerprint density at radius 2 is 2.05 bits per heavy atom. The van der Waals surface area contributed by atoms with Crippen LogP contribution in [0.15, 0.2) is 35.7 Å². The van der Waals surface area contributed by atoms with Gasteiger partial charge in [0.15, 0.2) is 0 Å². The van der Waals surface area contributed by atoms with Gasteiger partial charge in [-0.15, -0.1) is 11.3 Å². The fourth-order valence-corrected chi connectivity index (χ4v) is 2.98. The van der Waals surface area contributed by atoms with E-state index in [1.54, 1.807) is 19.2 Å². The third-order valence-electron chi connectivity index (χ3n) is 3.06. The van der Waals surface area contributed by atoms with Crippen molar-refractivity contribution in [1.29, 1.82) is 0 Å². The first-order valence-corrected chi connectivity index (χ1v) is 7.17. The molecule has 0 fully saturated rings. The molecule has 0 radical (unpaired) electrons. The Hall–Kier alpha value is -1.07. The largest absolute Gasteiger partial charge is 0.496 e. The van der Waals surface area contributed by atoms with Crippen LogP contribution >= 0.6 is 22.9 Å². The molecule has 2 atom stereocenters. The molecule has 3 N–H and O–H groups in total. The lowest BCUT2D eigenvalue weighted by Gasteiger charge is -2.21. The van der Waals surface area contributed by atoms with Crippen molar-refractivity contribution in [3.8, 4) is 5.75 Å². The SMILES string of the molecule is COc1csc(C(O)C(CN)c2ccc(Cl)cc2)c1. The van der Waals surface area contributed by atoms with Crippen LogP contribution < -0.4 is 10.5 Å². The fraction of sp³-hybridized carbons (Fsp3) is 0.286. The first-order valence-electron chi connectivity index (χ1n) is 5.91. The highest BCUT2D eigenvalue weighted by Crippen LogP contribution is 2.35. The van der Waals surface area contributed by atoms with Crippen LogP contribution in [0.3, 0.4) is 0 Å². The number of methoxy groups -OCH3 is 1. The first kappa shape index (κ1) is 14.3. The number of ether oxygens (including phenoxy) is 1. The maximum absolute atomic E-state index is 10.5. The highest BCUT2D eigenvalue weighted by molar-refractivity contribution is 7.10. The molecule has 2 unspecified atom stereocenters. The van der Waals surface area contributed by atoms with Gasteiger partial charge in [0, 0.05) is 27.7 Å². The molecule has 0 saturated heterocycles. The van der Waals surface area contributed by atoms with E-state index in [0.717, 1.165) is 16.2 Å². The zero-order valence-corrected chi connectivity index (χ0v) is 12.1. The Balaban J connectivity index is 2.23. The van der Waals surface area contributed by atoms with Gasteiger partial charge in [0.1, 0.15) is 5.75 Å². The topological polar surface area (TPSA) is 55.5 Å². The van der Waals surface area contributed by atoms with Gasteiger partial charge in [-0.3, -0.25) is 0 Å². The van der Waals surface area contributed by atoms with Crippen LogP contribution in [0.1, 0.15) is 22.5 Å². The van der Waals surface area contributed by atoms with Gasteiger partial charge in [0.2, 0.25) is 0 Å². The molecule has 2 rings (SSSR count). The first-order chi connectivity index (χ1) is 9.15. The molecule has 1 aromatic heterocycles. The minimum absolute atomic E-state index is 0.152. The Morgan fingerprint density at radius 1 is 1.37 bits per heavy atom. The summed E-state index contributed by atoms with van der Waals surface area (Å²) in [6, 6.07) is 9.25. The van der Waals surface area contributed by atoms with Crippen molar-refractivity contribution in [2.45, 2.75) is 12.0 Å². The lowest BCUT2D eigenvalue weighted by molar-refractivity contribution is 0.151. The van der Waals surface area contributed by atoms with Crippen molar-refractivity contribution in [3.05, 3.63) is 51.2 Å². The third-order valence-corrected chi connectivity index (χ3v) is 4.29. The van der Waals surface area contributed by atoms with E-state index in [-0.39, 0.29) is 5.92 Å². The van der Waals surface area contributed by atoms with Crippen LogP contribution in [0.25, 0.3) is 0 Å². The van der Waals surface area contributed by atoms with Crippen LogP contribution in [0.4, 0.5) is 0 Å². The molecule has 102 valence electrons. The van der Waals surface area contributed by atoms with E-state index in [2.05, 4.69) is 0 Å². The van der Waals surface area contributed by atoms with E-state index in [1.165, 1.54) is 11.3 Å². The number of benzene rings is 1. The summed E-state index contributed by atoms with van der Waals surface area (Å²) in [5.41, 5.74) is 6.78. The number of hydrogen-bond acceptors (Lipinski definition) is 4. The molecule has 2 aromatic rings. The predicted molar refractivity (Wildman–Crippen MR) is 79.1 cm³/mol. The van der Waals surface area contributed by atoms with Crippen LogP contribution in [-0.4, -0.2) is 18.8 Å². The van der Waals surface area contributed by atoms with Gasteiger partial charge in [0.25, 0.3) is 0 Å². The third kappa shape index (κ3) is 3.28. The second-order valence-electron chi connectivity index (χ2n) is 4.23. The van der Waals surface area contributed by atoms with Gasteiger partial charge in [-0.1, -0.05) is 23.7 Å². The molecule has 0 amide bonds. The number of aliphatic hydroxyl groups is 1. The summed E-state index contributed by atoms with van der Waals surface area (Å²) in [5, 5.41) is 13.0. The average molecular weight is 298 g/mol. The molecule has 3 nitrogen and oxygen atoms in total. The Kier molecular flexibility index (Phi) is 4.82. The Morgan fingerprint density at radius 3 is 2.58 bits per heavy atom. The minimum Gasteiger partial charge on any atom is -0.496 e. The van der Waals surface area contributed by atoms with E-state index in [0.29, 0.717) is 11.6 Å². The summed E-state index contributed by atoms with van der Waals surface area (Å²) in [4.78, 5) is 0.849. The summed E-state index contributed by atoms with van der Waals surface area (Å²) >= 11 is 7.34. The van der Waals surface area contributed by atoms with E-state index in [9.17, 15) is 5.11 Å². The highest BCUT2D eigenvalue weighted by Gasteiger charge is 2.23. The van der Waals surface area contributed by atoms with Gasteiger partial charge in [-0.2, -0.15) is 0 Å². The quantitative estimate of drug-likeness (QED) is 0.891. The molecule has 0 bridgehead atoms. The number of thiophene rings is 1. The van der Waals surface area contributed by atoms with Crippen LogP contribution in [0, 0.1) is 0 Å². The summed E-state index contributed by atoms with van der Waals surface area (Å²) in [7, 11) is 1.61. The highest BCUT2D eigenvalue weighted by atomic mass is 35.5. The number of hydrogen-bond donors (Lipinski definition) is 2. The van der Waals surface area contributed by atoms with Gasteiger partial charge >= 0.3 is 0 Å². The second kappa shape index (κ2) is 6.39. The van der Waals surface area contributed by atoms with Crippen molar-refractivity contribution in [1.82, 2.24) is 0 Å².